The molecule has 2 rings (SSSR count). The molecule has 0 spiro atoms. The maximum atomic E-state index is 10.9. The number of rotatable bonds is 5. The normalized spacial score (nSPS) is 13.7. The van der Waals surface area contributed by atoms with E-state index < -0.39 is 10.5 Å². The maximum absolute atomic E-state index is 10.9. The van der Waals surface area contributed by atoms with Gasteiger partial charge in [0.1, 0.15) is 29.0 Å². The molecule has 0 aliphatic carbocycles. The second kappa shape index (κ2) is 5.53. The number of aliphatic hydroxyl groups is 1. The van der Waals surface area contributed by atoms with Crippen LogP contribution in [0.25, 0.3) is 0 Å². The number of furan rings is 1. The van der Waals surface area contributed by atoms with Crippen molar-refractivity contribution in [2.24, 2.45) is 0 Å². The van der Waals surface area contributed by atoms with Gasteiger partial charge in [-0.2, -0.15) is 0 Å². The van der Waals surface area contributed by atoms with Gasteiger partial charge >= 0.3 is 5.69 Å². The van der Waals surface area contributed by atoms with Gasteiger partial charge in [0.25, 0.3) is 0 Å². The third-order valence-electron chi connectivity index (χ3n) is 3.24. The van der Waals surface area contributed by atoms with Gasteiger partial charge in [0.05, 0.1) is 4.92 Å². The lowest BCUT2D eigenvalue weighted by atomic mass is 9.96. The Balaban J connectivity index is 2.19. The molecular weight excluding hydrogens is 274 g/mol. The first-order chi connectivity index (χ1) is 9.81. The minimum Gasteiger partial charge on any atom is -0.466 e. The van der Waals surface area contributed by atoms with Crippen LogP contribution in [0.5, 0.6) is 0 Å². The summed E-state index contributed by atoms with van der Waals surface area (Å²) in [4.78, 5) is 14.1. The van der Waals surface area contributed by atoms with E-state index in [4.69, 9.17) is 4.42 Å². The van der Waals surface area contributed by atoms with E-state index in [9.17, 15) is 15.2 Å². The first kappa shape index (κ1) is 15.0. The predicted octanol–water partition coefficient (Wildman–Crippen LogP) is 2.52. The number of aromatic nitrogens is 1. The molecule has 2 aromatic heterocycles. The molecule has 0 radical (unpaired) electrons. The molecule has 2 heterocycles. The molecule has 0 saturated carbocycles. The summed E-state index contributed by atoms with van der Waals surface area (Å²) in [5, 5.41) is 24.4. The molecule has 21 heavy (non-hydrogen) atoms. The number of aryl methyl sites for hydroxylation is 2. The van der Waals surface area contributed by atoms with Gasteiger partial charge in [0.15, 0.2) is 0 Å². The molecule has 0 saturated heterocycles. The zero-order chi connectivity index (χ0) is 15.6. The Morgan fingerprint density at radius 1 is 1.52 bits per heavy atom. The zero-order valence-corrected chi connectivity index (χ0v) is 12.1. The van der Waals surface area contributed by atoms with Crippen molar-refractivity contribution in [1.82, 2.24) is 4.98 Å². The van der Waals surface area contributed by atoms with Gasteiger partial charge in [0, 0.05) is 18.3 Å². The Bertz CT molecular complexity index is 664. The van der Waals surface area contributed by atoms with Crippen LogP contribution >= 0.6 is 0 Å². The molecule has 1 unspecified atom stereocenters. The van der Waals surface area contributed by atoms with E-state index in [1.54, 1.807) is 26.8 Å². The molecule has 2 N–H and O–H groups in total. The predicted molar refractivity (Wildman–Crippen MR) is 77.1 cm³/mol. The number of hydrogen-bond acceptors (Lipinski definition) is 6. The molecule has 0 aromatic carbocycles. The van der Waals surface area contributed by atoms with Gasteiger partial charge in [-0.05, 0) is 32.9 Å². The van der Waals surface area contributed by atoms with Crippen LogP contribution in [0.3, 0.4) is 0 Å². The van der Waals surface area contributed by atoms with Gasteiger partial charge in [-0.1, -0.05) is 0 Å². The largest absolute Gasteiger partial charge is 0.466 e. The Hall–Kier alpha value is -2.41. The van der Waals surface area contributed by atoms with E-state index in [0.717, 1.165) is 0 Å². The SMILES string of the molecule is Cc1cc(C(C)(O)CNc2ccncc2[N+](=O)[O-])c(C)o1. The molecule has 0 fully saturated rings. The highest BCUT2D eigenvalue weighted by atomic mass is 16.6. The lowest BCUT2D eigenvalue weighted by molar-refractivity contribution is -0.384. The van der Waals surface area contributed by atoms with E-state index in [0.29, 0.717) is 22.8 Å². The van der Waals surface area contributed by atoms with Crippen molar-refractivity contribution in [3.63, 3.8) is 0 Å². The standard InChI is InChI=1S/C14H17N3O4/c1-9-6-11(10(2)21-9)14(3,18)8-16-12-4-5-15-7-13(12)17(19)20/h4-7,18H,8H2,1-3H3,(H,15,16). The molecule has 7 heteroatoms. The maximum Gasteiger partial charge on any atom is 0.310 e. The average molecular weight is 291 g/mol. The van der Waals surface area contributed by atoms with Crippen LogP contribution in [0, 0.1) is 24.0 Å². The number of nitrogens with zero attached hydrogens (tertiary/aromatic N) is 2. The molecule has 1 atom stereocenters. The van der Waals surface area contributed by atoms with E-state index in [1.165, 1.54) is 18.5 Å². The minimum atomic E-state index is -1.21. The fraction of sp³-hybridized carbons (Fsp3) is 0.357. The summed E-state index contributed by atoms with van der Waals surface area (Å²) in [5.74, 6) is 1.33. The Kier molecular flexibility index (Phi) is 3.95. The van der Waals surface area contributed by atoms with Gasteiger partial charge < -0.3 is 14.8 Å². The van der Waals surface area contributed by atoms with Crippen molar-refractivity contribution in [3.8, 4) is 0 Å². The monoisotopic (exact) mass is 291 g/mol. The van der Waals surface area contributed by atoms with Crippen molar-refractivity contribution in [2.45, 2.75) is 26.4 Å². The third kappa shape index (κ3) is 3.19. The molecule has 0 aliphatic heterocycles. The van der Waals surface area contributed by atoms with Crippen molar-refractivity contribution in [1.29, 1.82) is 0 Å². The van der Waals surface area contributed by atoms with Crippen LogP contribution in [-0.4, -0.2) is 21.6 Å². The van der Waals surface area contributed by atoms with E-state index in [2.05, 4.69) is 10.3 Å². The zero-order valence-electron chi connectivity index (χ0n) is 12.1. The summed E-state index contributed by atoms with van der Waals surface area (Å²) in [6.45, 7) is 5.31. The Morgan fingerprint density at radius 3 is 2.81 bits per heavy atom. The lowest BCUT2D eigenvalue weighted by Crippen LogP contribution is -2.31. The molecule has 0 bridgehead atoms. The highest BCUT2D eigenvalue weighted by molar-refractivity contribution is 5.59. The van der Waals surface area contributed by atoms with Crippen molar-refractivity contribution in [2.75, 3.05) is 11.9 Å². The van der Waals surface area contributed by atoms with E-state index in [-0.39, 0.29) is 12.2 Å². The third-order valence-corrected chi connectivity index (χ3v) is 3.24. The molecular formula is C14H17N3O4. The first-order valence-corrected chi connectivity index (χ1v) is 6.43. The lowest BCUT2D eigenvalue weighted by Gasteiger charge is -2.23. The number of anilines is 1. The molecule has 112 valence electrons. The quantitative estimate of drug-likeness (QED) is 0.648. The smallest absolute Gasteiger partial charge is 0.310 e. The summed E-state index contributed by atoms with van der Waals surface area (Å²) < 4.78 is 5.41. The molecule has 0 aliphatic rings. The fourth-order valence-corrected chi connectivity index (χ4v) is 2.21. The number of nitrogens with one attached hydrogen (secondary N) is 1. The minimum absolute atomic E-state index is 0.109. The number of nitro groups is 1. The molecule has 2 aromatic rings. The van der Waals surface area contributed by atoms with Crippen LogP contribution < -0.4 is 5.32 Å². The number of hydrogen-bond donors (Lipinski definition) is 2. The van der Waals surface area contributed by atoms with Crippen LogP contribution in [-0.2, 0) is 5.60 Å². The first-order valence-electron chi connectivity index (χ1n) is 6.43. The number of pyridine rings is 1. The van der Waals surface area contributed by atoms with Gasteiger partial charge in [-0.15, -0.1) is 0 Å². The summed E-state index contributed by atoms with van der Waals surface area (Å²) in [6.07, 6.45) is 2.63. The second-order valence-corrected chi connectivity index (χ2v) is 5.10. The summed E-state index contributed by atoms with van der Waals surface area (Å²) in [5.41, 5.74) is -0.371. The van der Waals surface area contributed by atoms with E-state index >= 15 is 0 Å². The second-order valence-electron chi connectivity index (χ2n) is 5.10. The summed E-state index contributed by atoms with van der Waals surface area (Å²) in [6, 6.07) is 3.26. The van der Waals surface area contributed by atoms with Crippen molar-refractivity contribution in [3.05, 3.63) is 51.7 Å². The summed E-state index contributed by atoms with van der Waals surface area (Å²) in [7, 11) is 0. The highest BCUT2D eigenvalue weighted by Gasteiger charge is 2.28. The van der Waals surface area contributed by atoms with Crippen LogP contribution in [0.4, 0.5) is 11.4 Å². The van der Waals surface area contributed by atoms with Crippen LogP contribution in [0.15, 0.2) is 28.9 Å². The molecule has 7 nitrogen and oxygen atoms in total. The summed E-state index contributed by atoms with van der Waals surface area (Å²) >= 11 is 0. The van der Waals surface area contributed by atoms with E-state index in [1.807, 2.05) is 0 Å². The fourth-order valence-electron chi connectivity index (χ4n) is 2.21. The van der Waals surface area contributed by atoms with Crippen molar-refractivity contribution >= 4 is 11.4 Å². The van der Waals surface area contributed by atoms with Gasteiger partial charge in [0.2, 0.25) is 0 Å². The Labute approximate surface area is 121 Å². The van der Waals surface area contributed by atoms with Crippen LogP contribution in [0.2, 0.25) is 0 Å². The van der Waals surface area contributed by atoms with Crippen molar-refractivity contribution < 1.29 is 14.4 Å². The highest BCUT2D eigenvalue weighted by Crippen LogP contribution is 2.29. The van der Waals surface area contributed by atoms with Crippen LogP contribution in [0.1, 0.15) is 24.0 Å². The van der Waals surface area contributed by atoms with Gasteiger partial charge in [-0.3, -0.25) is 15.1 Å². The molecule has 0 amide bonds. The van der Waals surface area contributed by atoms with Gasteiger partial charge in [-0.25, -0.2) is 0 Å². The Morgan fingerprint density at radius 2 is 2.24 bits per heavy atom. The topological polar surface area (TPSA) is 101 Å². The average Bonchev–Trinajstić information content (AvgIpc) is 2.76.